The molecular weight excluding hydrogens is 773 g/mol. The minimum atomic E-state index is -0.996. The molecule has 2 aliphatic rings. The number of ether oxygens (including phenoxy) is 1. The van der Waals surface area contributed by atoms with E-state index in [0.717, 1.165) is 104 Å². The average Bonchev–Trinajstić information content (AvgIpc) is 3.69. The van der Waals surface area contributed by atoms with Crippen molar-refractivity contribution in [2.75, 3.05) is 51.3 Å². The summed E-state index contributed by atoms with van der Waals surface area (Å²) in [6.45, 7) is 15.6. The van der Waals surface area contributed by atoms with Gasteiger partial charge in [0.1, 0.15) is 23.1 Å². The van der Waals surface area contributed by atoms with Gasteiger partial charge in [-0.05, 0) is 114 Å². The third-order valence-electron chi connectivity index (χ3n) is 11.9. The predicted octanol–water partition coefficient (Wildman–Crippen LogP) is 8.81. The van der Waals surface area contributed by atoms with Gasteiger partial charge in [-0.25, -0.2) is 14.8 Å². The fraction of sp³-hybridized carbons (Fsp3) is 0.378. The SMILES string of the molecule is Cc1cc(OCCCc2c3n(c4c(-c5c(C)nc(CN6CCN(C)CC6)nc5C)c(Cl)ccc24)[C@H](C)CN(c2cc4cc(C(=O)O)ccc4n2C)C3=O)cc(C)c1Cl. The molecule has 0 unspecified atom stereocenters. The molecule has 2 aliphatic heterocycles. The van der Waals surface area contributed by atoms with Gasteiger partial charge >= 0.3 is 5.97 Å². The molecule has 1 saturated heterocycles. The third kappa shape index (κ3) is 7.12. The van der Waals surface area contributed by atoms with Crippen LogP contribution < -0.4 is 9.64 Å². The number of fused-ring (bicyclic) bond motifs is 4. The molecule has 3 aromatic heterocycles. The van der Waals surface area contributed by atoms with Gasteiger partial charge in [-0.15, -0.1) is 0 Å². The summed E-state index contributed by atoms with van der Waals surface area (Å²) in [5.41, 5.74) is 8.79. The number of anilines is 1. The number of aromatic carboxylic acids is 1. The van der Waals surface area contributed by atoms with Crippen molar-refractivity contribution in [1.82, 2.24) is 28.9 Å². The standard InChI is InChI=1S/C45H49Cl2N7O4/c1-25-19-32(20-26(2)41(25)47)58-18-8-9-33-34-11-12-35(46)40(39-28(4)48-37(49-29(39)5)24-52-16-14-50(6)15-17-52)42(34)54-27(3)23-53(44(55)43(33)54)38-22-31-21-30(45(56)57)10-13-36(31)51(38)7/h10-13,19-22,27H,8-9,14-18,23-24H2,1-7H3,(H,56,57)/t27-/m1/s1. The number of hydrogen-bond acceptors (Lipinski definition) is 7. The van der Waals surface area contributed by atoms with Crippen LogP contribution >= 0.6 is 23.2 Å². The number of carboxylic acid groups (broad SMARTS) is 1. The average molecular weight is 823 g/mol. The molecule has 0 aliphatic carbocycles. The van der Waals surface area contributed by atoms with E-state index in [0.29, 0.717) is 49.1 Å². The zero-order chi connectivity index (χ0) is 41.2. The zero-order valence-corrected chi connectivity index (χ0v) is 35.6. The highest BCUT2D eigenvalue weighted by atomic mass is 35.5. The summed E-state index contributed by atoms with van der Waals surface area (Å²) in [6.07, 6.45) is 1.23. The number of piperazine rings is 1. The number of aromatic nitrogens is 4. The first-order chi connectivity index (χ1) is 27.7. The van der Waals surface area contributed by atoms with Gasteiger partial charge in [0.25, 0.3) is 5.91 Å². The summed E-state index contributed by atoms with van der Waals surface area (Å²) < 4.78 is 10.4. The summed E-state index contributed by atoms with van der Waals surface area (Å²) in [5.74, 6) is 1.12. The first-order valence-electron chi connectivity index (χ1n) is 19.9. The minimum absolute atomic E-state index is 0.132. The topological polar surface area (TPSA) is 109 Å². The predicted molar refractivity (Wildman–Crippen MR) is 231 cm³/mol. The van der Waals surface area contributed by atoms with Crippen molar-refractivity contribution in [3.05, 3.63) is 104 Å². The van der Waals surface area contributed by atoms with Crippen molar-refractivity contribution in [1.29, 1.82) is 0 Å². The molecule has 0 radical (unpaired) electrons. The summed E-state index contributed by atoms with van der Waals surface area (Å²) in [5, 5.41) is 12.7. The Morgan fingerprint density at radius 3 is 2.28 bits per heavy atom. The van der Waals surface area contributed by atoms with Crippen LogP contribution in [0.1, 0.15) is 74.1 Å². The van der Waals surface area contributed by atoms with Crippen LogP contribution in [0.4, 0.5) is 5.82 Å². The van der Waals surface area contributed by atoms with Crippen molar-refractivity contribution in [2.45, 2.75) is 60.0 Å². The largest absolute Gasteiger partial charge is 0.494 e. The van der Waals surface area contributed by atoms with Gasteiger partial charge in [-0.2, -0.15) is 0 Å². The number of aryl methyl sites for hydroxylation is 6. The van der Waals surface area contributed by atoms with Gasteiger partial charge in [0, 0.05) is 89.6 Å². The van der Waals surface area contributed by atoms with Crippen molar-refractivity contribution in [3.63, 3.8) is 0 Å². The number of halogens is 2. The number of rotatable bonds is 10. The van der Waals surface area contributed by atoms with Crippen molar-refractivity contribution in [2.24, 2.45) is 7.05 Å². The molecule has 8 rings (SSSR count). The highest BCUT2D eigenvalue weighted by Crippen LogP contribution is 2.45. The molecule has 1 amide bonds. The van der Waals surface area contributed by atoms with Crippen LogP contribution in [0.3, 0.4) is 0 Å². The second-order valence-corrected chi connectivity index (χ2v) is 16.8. The van der Waals surface area contributed by atoms with Crippen LogP contribution in [0, 0.1) is 27.7 Å². The lowest BCUT2D eigenvalue weighted by atomic mass is 9.97. The minimum Gasteiger partial charge on any atom is -0.494 e. The maximum atomic E-state index is 15.1. The second kappa shape index (κ2) is 15.7. The molecule has 1 fully saturated rings. The summed E-state index contributed by atoms with van der Waals surface area (Å²) >= 11 is 13.7. The van der Waals surface area contributed by atoms with E-state index in [4.69, 9.17) is 37.9 Å². The first-order valence-corrected chi connectivity index (χ1v) is 20.6. The lowest BCUT2D eigenvalue weighted by Gasteiger charge is -2.34. The van der Waals surface area contributed by atoms with Crippen LogP contribution in [-0.2, 0) is 20.0 Å². The Kier molecular flexibility index (Phi) is 10.8. The summed E-state index contributed by atoms with van der Waals surface area (Å²) in [4.78, 5) is 43.6. The Morgan fingerprint density at radius 1 is 0.914 bits per heavy atom. The lowest BCUT2D eigenvalue weighted by Crippen LogP contribution is -2.44. The molecule has 3 aromatic carbocycles. The molecule has 1 N–H and O–H groups in total. The Balaban J connectivity index is 1.23. The Labute approximate surface area is 348 Å². The van der Waals surface area contributed by atoms with Crippen molar-refractivity contribution < 1.29 is 19.4 Å². The molecule has 13 heteroatoms. The first kappa shape index (κ1) is 39.9. The Morgan fingerprint density at radius 2 is 1.60 bits per heavy atom. The van der Waals surface area contributed by atoms with Crippen LogP contribution in [0.5, 0.6) is 5.75 Å². The number of benzene rings is 3. The Hall–Kier alpha value is -4.94. The zero-order valence-electron chi connectivity index (χ0n) is 34.1. The lowest BCUT2D eigenvalue weighted by molar-refractivity contribution is 0.0696. The summed E-state index contributed by atoms with van der Waals surface area (Å²) in [7, 11) is 4.06. The molecule has 11 nitrogen and oxygen atoms in total. The van der Waals surface area contributed by atoms with E-state index in [1.165, 1.54) is 0 Å². The van der Waals surface area contributed by atoms with E-state index in [1.54, 1.807) is 18.2 Å². The van der Waals surface area contributed by atoms with Crippen LogP contribution in [0.15, 0.2) is 48.5 Å². The monoisotopic (exact) mass is 821 g/mol. The highest BCUT2D eigenvalue weighted by Gasteiger charge is 2.38. The van der Waals surface area contributed by atoms with Gasteiger partial charge < -0.3 is 23.9 Å². The molecule has 5 heterocycles. The maximum absolute atomic E-state index is 15.1. The third-order valence-corrected chi connectivity index (χ3v) is 12.8. The summed E-state index contributed by atoms with van der Waals surface area (Å²) in [6, 6.07) is 14.7. The van der Waals surface area contributed by atoms with Crippen LogP contribution in [0.2, 0.25) is 10.0 Å². The molecule has 1 atom stereocenters. The van der Waals surface area contributed by atoms with E-state index in [1.807, 2.05) is 74.5 Å². The number of nitrogens with zero attached hydrogens (tertiary/aromatic N) is 7. The van der Waals surface area contributed by atoms with Gasteiger partial charge in [0.15, 0.2) is 0 Å². The second-order valence-electron chi connectivity index (χ2n) is 16.0. The number of likely N-dealkylation sites (N-methyl/N-ethyl adjacent to an activating group) is 1. The van der Waals surface area contributed by atoms with Crippen LogP contribution in [0.25, 0.3) is 32.9 Å². The van der Waals surface area contributed by atoms with Gasteiger partial charge in [-0.1, -0.05) is 29.3 Å². The molecule has 302 valence electrons. The van der Waals surface area contributed by atoms with E-state index in [2.05, 4.69) is 28.3 Å². The number of carboxylic acids is 1. The molecule has 58 heavy (non-hydrogen) atoms. The molecule has 0 saturated carbocycles. The number of amides is 1. The highest BCUT2D eigenvalue weighted by molar-refractivity contribution is 6.35. The van der Waals surface area contributed by atoms with Gasteiger partial charge in [-0.3, -0.25) is 14.6 Å². The van der Waals surface area contributed by atoms with Crippen LogP contribution in [-0.4, -0.2) is 92.3 Å². The van der Waals surface area contributed by atoms with E-state index in [9.17, 15) is 9.90 Å². The van der Waals surface area contributed by atoms with E-state index >= 15 is 4.79 Å². The smallest absolute Gasteiger partial charge is 0.335 e. The molecular formula is C45H49Cl2N7O4. The molecule has 0 spiro atoms. The number of hydrogen-bond donors (Lipinski definition) is 1. The fourth-order valence-corrected chi connectivity index (χ4v) is 9.30. The van der Waals surface area contributed by atoms with Gasteiger partial charge in [0.2, 0.25) is 0 Å². The normalized spacial score (nSPS) is 16.5. The quantitative estimate of drug-likeness (QED) is 0.137. The van der Waals surface area contributed by atoms with E-state index < -0.39 is 5.97 Å². The molecule has 0 bridgehead atoms. The van der Waals surface area contributed by atoms with Crippen molar-refractivity contribution >= 4 is 62.7 Å². The number of carbonyl (C=O) groups is 2. The maximum Gasteiger partial charge on any atom is 0.335 e. The Bertz CT molecular complexity index is 2580. The number of carbonyl (C=O) groups excluding carboxylic acids is 1. The molecule has 6 aromatic rings. The fourth-order valence-electron chi connectivity index (χ4n) is 8.94. The van der Waals surface area contributed by atoms with Crippen molar-refractivity contribution in [3.8, 4) is 16.9 Å². The van der Waals surface area contributed by atoms with Gasteiger partial charge in [0.05, 0.1) is 29.3 Å². The van der Waals surface area contributed by atoms with E-state index in [-0.39, 0.29) is 17.5 Å².